The van der Waals surface area contributed by atoms with E-state index in [4.69, 9.17) is 5.73 Å². The van der Waals surface area contributed by atoms with Crippen molar-refractivity contribution in [1.29, 1.82) is 0 Å². The van der Waals surface area contributed by atoms with Gasteiger partial charge in [0.05, 0.1) is 24.0 Å². The molecule has 3 N–H and O–H groups in total. The summed E-state index contributed by atoms with van der Waals surface area (Å²) in [5, 5.41) is 3.06. The maximum absolute atomic E-state index is 11.3. The van der Waals surface area contributed by atoms with Gasteiger partial charge in [0.15, 0.2) is 0 Å². The van der Waals surface area contributed by atoms with Crippen molar-refractivity contribution < 1.29 is 9.53 Å². The largest absolute Gasteiger partial charge is 0.465 e. The molecule has 4 nitrogen and oxygen atoms in total. The van der Waals surface area contributed by atoms with Gasteiger partial charge in [-0.1, -0.05) is 6.07 Å². The van der Waals surface area contributed by atoms with Crippen molar-refractivity contribution in [3.05, 3.63) is 23.8 Å². The van der Waals surface area contributed by atoms with E-state index < -0.39 is 5.97 Å². The van der Waals surface area contributed by atoms with Gasteiger partial charge in [-0.3, -0.25) is 0 Å². The van der Waals surface area contributed by atoms with Crippen LogP contribution < -0.4 is 11.1 Å². The molecule has 0 aliphatic heterocycles. The number of nitrogens with one attached hydrogen (secondary N) is 1. The second kappa shape index (κ2) is 4.50. The van der Waals surface area contributed by atoms with Crippen LogP contribution in [0.3, 0.4) is 0 Å². The van der Waals surface area contributed by atoms with Crippen LogP contribution in [0.5, 0.6) is 0 Å². The van der Waals surface area contributed by atoms with Crippen LogP contribution in [0, 0.1) is 0 Å². The normalized spacial score (nSPS) is 9.57. The van der Waals surface area contributed by atoms with Gasteiger partial charge in [0.25, 0.3) is 0 Å². The van der Waals surface area contributed by atoms with E-state index in [2.05, 4.69) is 10.1 Å². The fraction of sp³-hybridized carbons (Fsp3) is 0.300. The molecule has 0 unspecified atom stereocenters. The van der Waals surface area contributed by atoms with Gasteiger partial charge in [-0.05, 0) is 19.1 Å². The molecule has 0 heterocycles. The number of benzene rings is 1. The summed E-state index contributed by atoms with van der Waals surface area (Å²) in [6.07, 6.45) is 0. The van der Waals surface area contributed by atoms with Crippen LogP contribution in [0.15, 0.2) is 18.2 Å². The van der Waals surface area contributed by atoms with E-state index in [1.807, 2.05) is 13.0 Å². The predicted octanol–water partition coefficient (Wildman–Crippen LogP) is 1.49. The Labute approximate surface area is 83.1 Å². The number of para-hydroxylation sites is 1. The highest BCUT2D eigenvalue weighted by Crippen LogP contribution is 2.22. The minimum atomic E-state index is -0.415. The lowest BCUT2D eigenvalue weighted by Crippen LogP contribution is -2.08. The first-order valence-corrected chi connectivity index (χ1v) is 4.41. The summed E-state index contributed by atoms with van der Waals surface area (Å²) in [7, 11) is 1.34. The van der Waals surface area contributed by atoms with E-state index in [1.165, 1.54) is 7.11 Å². The third kappa shape index (κ3) is 1.96. The highest BCUT2D eigenvalue weighted by atomic mass is 16.5. The van der Waals surface area contributed by atoms with E-state index in [1.54, 1.807) is 12.1 Å². The van der Waals surface area contributed by atoms with Crippen LogP contribution >= 0.6 is 0 Å². The van der Waals surface area contributed by atoms with Crippen LogP contribution in [0.25, 0.3) is 0 Å². The first-order valence-electron chi connectivity index (χ1n) is 4.41. The second-order valence-electron chi connectivity index (χ2n) is 2.79. The fourth-order valence-electron chi connectivity index (χ4n) is 1.20. The first-order chi connectivity index (χ1) is 6.70. The quantitative estimate of drug-likeness (QED) is 0.565. The molecule has 0 atom stereocenters. The summed E-state index contributed by atoms with van der Waals surface area (Å²) >= 11 is 0. The number of hydrogen-bond donors (Lipinski definition) is 2. The van der Waals surface area contributed by atoms with Crippen LogP contribution in [-0.4, -0.2) is 19.6 Å². The minimum Gasteiger partial charge on any atom is -0.465 e. The molecule has 14 heavy (non-hydrogen) atoms. The number of nitrogen functional groups attached to an aromatic ring is 1. The maximum atomic E-state index is 11.3. The van der Waals surface area contributed by atoms with Gasteiger partial charge in [0.2, 0.25) is 0 Å². The lowest BCUT2D eigenvalue weighted by molar-refractivity contribution is 0.0602. The molecule has 0 saturated heterocycles. The molecule has 0 aliphatic carbocycles. The number of rotatable bonds is 3. The maximum Gasteiger partial charge on any atom is 0.340 e. The van der Waals surface area contributed by atoms with Crippen molar-refractivity contribution >= 4 is 17.3 Å². The molecule has 0 aliphatic rings. The lowest BCUT2D eigenvalue weighted by Gasteiger charge is -2.09. The zero-order chi connectivity index (χ0) is 10.6. The Balaban J connectivity index is 3.07. The third-order valence-corrected chi connectivity index (χ3v) is 1.88. The van der Waals surface area contributed by atoms with Gasteiger partial charge in [-0.25, -0.2) is 4.79 Å². The molecule has 0 radical (unpaired) electrons. The summed E-state index contributed by atoms with van der Waals surface area (Å²) in [6, 6.07) is 5.23. The number of ether oxygens (including phenoxy) is 1. The molecule has 0 bridgehead atoms. The summed E-state index contributed by atoms with van der Waals surface area (Å²) in [5.41, 5.74) is 7.37. The fourth-order valence-corrected chi connectivity index (χ4v) is 1.20. The Morgan fingerprint density at radius 3 is 2.86 bits per heavy atom. The van der Waals surface area contributed by atoms with Gasteiger partial charge in [0, 0.05) is 6.54 Å². The molecule has 0 aromatic heterocycles. The molecular weight excluding hydrogens is 180 g/mol. The Kier molecular flexibility index (Phi) is 3.34. The van der Waals surface area contributed by atoms with E-state index >= 15 is 0 Å². The molecule has 4 heteroatoms. The van der Waals surface area contributed by atoms with Gasteiger partial charge in [0.1, 0.15) is 0 Å². The standard InChI is InChI=1S/C10H14N2O2/c1-3-12-8-6-4-5-7(9(8)11)10(13)14-2/h4-6,12H,3,11H2,1-2H3. The van der Waals surface area contributed by atoms with E-state index in [0.717, 1.165) is 12.2 Å². The Morgan fingerprint density at radius 2 is 2.29 bits per heavy atom. The smallest absolute Gasteiger partial charge is 0.340 e. The molecule has 0 fully saturated rings. The lowest BCUT2D eigenvalue weighted by atomic mass is 10.1. The zero-order valence-corrected chi connectivity index (χ0v) is 8.33. The number of hydrogen-bond acceptors (Lipinski definition) is 4. The zero-order valence-electron chi connectivity index (χ0n) is 8.33. The van der Waals surface area contributed by atoms with Crippen molar-refractivity contribution in [1.82, 2.24) is 0 Å². The molecule has 1 aromatic rings. The second-order valence-corrected chi connectivity index (χ2v) is 2.79. The van der Waals surface area contributed by atoms with Crippen LogP contribution in [0.2, 0.25) is 0 Å². The van der Waals surface area contributed by atoms with Gasteiger partial charge >= 0.3 is 5.97 Å². The number of methoxy groups -OCH3 is 1. The first kappa shape index (κ1) is 10.4. The van der Waals surface area contributed by atoms with E-state index in [-0.39, 0.29) is 0 Å². The number of nitrogens with two attached hydrogens (primary N) is 1. The molecule has 1 aromatic carbocycles. The summed E-state index contributed by atoms with van der Waals surface area (Å²) in [4.78, 5) is 11.3. The van der Waals surface area contributed by atoms with E-state index in [0.29, 0.717) is 11.3 Å². The Bertz CT molecular complexity index is 337. The number of esters is 1. The van der Waals surface area contributed by atoms with Crippen LogP contribution in [-0.2, 0) is 4.74 Å². The summed E-state index contributed by atoms with van der Waals surface area (Å²) < 4.78 is 4.60. The number of carbonyl (C=O) groups is 1. The van der Waals surface area contributed by atoms with Gasteiger partial charge < -0.3 is 15.8 Å². The number of carbonyl (C=O) groups excluding carboxylic acids is 1. The molecule has 76 valence electrons. The predicted molar refractivity (Wildman–Crippen MR) is 56.4 cm³/mol. The van der Waals surface area contributed by atoms with Gasteiger partial charge in [-0.2, -0.15) is 0 Å². The van der Waals surface area contributed by atoms with Crippen molar-refractivity contribution in [3.63, 3.8) is 0 Å². The minimum absolute atomic E-state index is 0.394. The van der Waals surface area contributed by atoms with Crippen LogP contribution in [0.1, 0.15) is 17.3 Å². The summed E-state index contributed by atoms with van der Waals surface area (Å²) in [6.45, 7) is 2.72. The van der Waals surface area contributed by atoms with Crippen molar-refractivity contribution in [3.8, 4) is 0 Å². The SMILES string of the molecule is CCNc1cccc(C(=O)OC)c1N. The van der Waals surface area contributed by atoms with Crippen LogP contribution in [0.4, 0.5) is 11.4 Å². The average molecular weight is 194 g/mol. The Morgan fingerprint density at radius 1 is 1.57 bits per heavy atom. The third-order valence-electron chi connectivity index (χ3n) is 1.88. The Hall–Kier alpha value is -1.71. The molecule has 1 rings (SSSR count). The van der Waals surface area contributed by atoms with E-state index in [9.17, 15) is 4.79 Å². The molecule has 0 saturated carbocycles. The van der Waals surface area contributed by atoms with Gasteiger partial charge in [-0.15, -0.1) is 0 Å². The molecular formula is C10H14N2O2. The molecule has 0 spiro atoms. The van der Waals surface area contributed by atoms with Crippen molar-refractivity contribution in [2.75, 3.05) is 24.7 Å². The topological polar surface area (TPSA) is 64.3 Å². The summed E-state index contributed by atoms with van der Waals surface area (Å²) in [5.74, 6) is -0.415. The highest BCUT2D eigenvalue weighted by molar-refractivity contribution is 5.98. The van der Waals surface area contributed by atoms with Crippen molar-refractivity contribution in [2.45, 2.75) is 6.92 Å². The number of anilines is 2. The van der Waals surface area contributed by atoms with Crippen molar-refractivity contribution in [2.24, 2.45) is 0 Å². The monoisotopic (exact) mass is 194 g/mol. The average Bonchev–Trinajstić information content (AvgIpc) is 2.20. The highest BCUT2D eigenvalue weighted by Gasteiger charge is 2.11. The molecule has 0 amide bonds.